The van der Waals surface area contributed by atoms with E-state index in [4.69, 9.17) is 22.3 Å². The molecule has 1 aromatic carbocycles. The van der Waals surface area contributed by atoms with Gasteiger partial charge in [0.25, 0.3) is 0 Å². The third-order valence-corrected chi connectivity index (χ3v) is 5.69. The Labute approximate surface area is 180 Å². The van der Waals surface area contributed by atoms with Crippen LogP contribution < -0.4 is 16.4 Å². The van der Waals surface area contributed by atoms with Crippen molar-refractivity contribution < 1.29 is 4.39 Å². The molecule has 30 heavy (non-hydrogen) atoms. The van der Waals surface area contributed by atoms with E-state index in [-0.39, 0.29) is 5.82 Å². The minimum atomic E-state index is -0.244. The zero-order valence-corrected chi connectivity index (χ0v) is 17.4. The van der Waals surface area contributed by atoms with E-state index < -0.39 is 0 Å². The van der Waals surface area contributed by atoms with Gasteiger partial charge in [-0.1, -0.05) is 29.8 Å². The van der Waals surface area contributed by atoms with E-state index in [1.807, 2.05) is 24.3 Å². The van der Waals surface area contributed by atoms with Crippen LogP contribution in [-0.2, 0) is 6.54 Å². The van der Waals surface area contributed by atoms with E-state index in [0.29, 0.717) is 23.7 Å². The number of anilines is 2. The highest BCUT2D eigenvalue weighted by molar-refractivity contribution is 6.33. The average Bonchev–Trinajstić information content (AvgIpc) is 2.76. The van der Waals surface area contributed by atoms with Crippen molar-refractivity contribution in [3.63, 3.8) is 0 Å². The number of pyridine rings is 2. The van der Waals surface area contributed by atoms with Crippen molar-refractivity contribution in [2.24, 2.45) is 5.73 Å². The lowest BCUT2D eigenvalue weighted by atomic mass is 9.92. The van der Waals surface area contributed by atoms with Gasteiger partial charge in [-0.05, 0) is 61.6 Å². The molecule has 1 aliphatic rings. The van der Waals surface area contributed by atoms with Crippen LogP contribution in [0.4, 0.5) is 16.0 Å². The zero-order valence-electron chi connectivity index (χ0n) is 16.6. The average molecular weight is 426 g/mol. The first-order valence-electron chi connectivity index (χ1n) is 10.2. The maximum atomic E-state index is 13.1. The highest BCUT2D eigenvalue weighted by Gasteiger charge is 2.19. The molecule has 7 heteroatoms. The molecule has 156 valence electrons. The molecule has 0 saturated heterocycles. The number of hydrogen-bond donors (Lipinski definition) is 3. The first-order chi connectivity index (χ1) is 14.6. The number of halogens is 2. The normalized spacial score (nSPS) is 18.8. The smallest absolute Gasteiger partial charge is 0.126 e. The van der Waals surface area contributed by atoms with Crippen molar-refractivity contribution in [2.75, 3.05) is 10.6 Å². The van der Waals surface area contributed by atoms with Gasteiger partial charge in [-0.3, -0.25) is 0 Å². The largest absolute Gasteiger partial charge is 0.367 e. The van der Waals surface area contributed by atoms with E-state index in [0.717, 1.165) is 54.1 Å². The summed E-state index contributed by atoms with van der Waals surface area (Å²) in [7, 11) is 0. The summed E-state index contributed by atoms with van der Waals surface area (Å²) in [5, 5.41) is 7.33. The Morgan fingerprint density at radius 1 is 1.03 bits per heavy atom. The van der Waals surface area contributed by atoms with Crippen LogP contribution in [0.3, 0.4) is 0 Å². The zero-order chi connectivity index (χ0) is 20.9. The SMILES string of the molecule is N[C@H]1CC[C@H](Nc2cc(-c3cccc(NCc4ccc(F)cc4)n3)c(Cl)cn2)CC1. The van der Waals surface area contributed by atoms with Crippen LogP contribution in [0.5, 0.6) is 0 Å². The summed E-state index contributed by atoms with van der Waals surface area (Å²) in [5.74, 6) is 1.27. The third-order valence-electron chi connectivity index (χ3n) is 5.39. The van der Waals surface area contributed by atoms with Gasteiger partial charge in [-0.15, -0.1) is 0 Å². The van der Waals surface area contributed by atoms with Crippen molar-refractivity contribution in [1.29, 1.82) is 0 Å². The molecule has 4 N–H and O–H groups in total. The summed E-state index contributed by atoms with van der Waals surface area (Å²) >= 11 is 6.43. The molecule has 2 aromatic heterocycles. The molecular weight excluding hydrogens is 401 g/mol. The Morgan fingerprint density at radius 3 is 2.57 bits per heavy atom. The summed E-state index contributed by atoms with van der Waals surface area (Å²) < 4.78 is 13.1. The van der Waals surface area contributed by atoms with Crippen molar-refractivity contribution in [3.8, 4) is 11.3 Å². The Kier molecular flexibility index (Phi) is 6.45. The molecule has 0 atom stereocenters. The molecule has 0 radical (unpaired) electrons. The lowest BCUT2D eigenvalue weighted by Gasteiger charge is -2.27. The van der Waals surface area contributed by atoms with E-state index in [1.165, 1.54) is 12.1 Å². The fraction of sp³-hybridized carbons (Fsp3) is 0.304. The molecule has 2 heterocycles. The third kappa shape index (κ3) is 5.26. The summed E-state index contributed by atoms with van der Waals surface area (Å²) in [6, 6.07) is 14.8. The first kappa shape index (κ1) is 20.6. The summed E-state index contributed by atoms with van der Waals surface area (Å²) in [6.07, 6.45) is 5.81. The number of benzene rings is 1. The highest BCUT2D eigenvalue weighted by atomic mass is 35.5. The van der Waals surface area contributed by atoms with Crippen LogP contribution in [0.2, 0.25) is 5.02 Å². The van der Waals surface area contributed by atoms with Gasteiger partial charge in [0.05, 0.1) is 10.7 Å². The number of nitrogens with one attached hydrogen (secondary N) is 2. The van der Waals surface area contributed by atoms with E-state index in [1.54, 1.807) is 18.3 Å². The number of nitrogens with two attached hydrogens (primary N) is 1. The summed E-state index contributed by atoms with van der Waals surface area (Å²) in [6.45, 7) is 0.553. The van der Waals surface area contributed by atoms with E-state index in [2.05, 4.69) is 15.6 Å². The quantitative estimate of drug-likeness (QED) is 0.504. The van der Waals surface area contributed by atoms with Gasteiger partial charge in [0.2, 0.25) is 0 Å². The second-order valence-corrected chi connectivity index (χ2v) is 8.10. The van der Waals surface area contributed by atoms with E-state index in [9.17, 15) is 4.39 Å². The minimum absolute atomic E-state index is 0.244. The Morgan fingerprint density at radius 2 is 1.80 bits per heavy atom. The standard InChI is InChI=1S/C23H25ClFN5/c24-20-14-28-23(29-18-10-8-17(26)9-11-18)12-19(20)21-2-1-3-22(30-21)27-13-15-4-6-16(25)7-5-15/h1-7,12,14,17-18H,8-11,13,26H2,(H,27,30)(H,28,29)/t17-,18-. The van der Waals surface area contributed by atoms with Crippen LogP contribution in [-0.4, -0.2) is 22.1 Å². The first-order valence-corrected chi connectivity index (χ1v) is 10.6. The van der Waals surface area contributed by atoms with Crippen LogP contribution >= 0.6 is 11.6 Å². The Bertz CT molecular complexity index is 987. The van der Waals surface area contributed by atoms with Crippen LogP contribution in [0.25, 0.3) is 11.3 Å². The molecular formula is C23H25ClFN5. The second-order valence-electron chi connectivity index (χ2n) is 7.69. The van der Waals surface area contributed by atoms with Crippen LogP contribution in [0.15, 0.2) is 54.7 Å². The number of hydrogen-bond acceptors (Lipinski definition) is 5. The van der Waals surface area contributed by atoms with Crippen LogP contribution in [0.1, 0.15) is 31.2 Å². The predicted molar refractivity (Wildman–Crippen MR) is 120 cm³/mol. The van der Waals surface area contributed by atoms with Crippen molar-refractivity contribution in [2.45, 2.75) is 44.3 Å². The fourth-order valence-corrected chi connectivity index (χ4v) is 3.86. The lowest BCUT2D eigenvalue weighted by Crippen LogP contribution is -2.33. The van der Waals surface area contributed by atoms with Gasteiger partial charge in [0.1, 0.15) is 17.5 Å². The molecule has 0 unspecified atom stereocenters. The molecule has 0 spiro atoms. The van der Waals surface area contributed by atoms with Gasteiger partial charge in [0, 0.05) is 30.4 Å². The number of nitrogens with zero attached hydrogens (tertiary/aromatic N) is 2. The second kappa shape index (κ2) is 9.41. The summed E-state index contributed by atoms with van der Waals surface area (Å²) in [5.41, 5.74) is 8.57. The van der Waals surface area contributed by atoms with Gasteiger partial charge in [-0.25, -0.2) is 14.4 Å². The molecule has 0 aliphatic heterocycles. The Hall–Kier alpha value is -2.70. The monoisotopic (exact) mass is 425 g/mol. The molecule has 5 nitrogen and oxygen atoms in total. The van der Waals surface area contributed by atoms with Crippen molar-refractivity contribution in [3.05, 3.63) is 71.1 Å². The van der Waals surface area contributed by atoms with Gasteiger partial charge < -0.3 is 16.4 Å². The molecule has 4 rings (SSSR count). The molecule has 0 bridgehead atoms. The molecule has 1 aliphatic carbocycles. The molecule has 0 amide bonds. The fourth-order valence-electron chi connectivity index (χ4n) is 3.66. The molecule has 3 aromatic rings. The van der Waals surface area contributed by atoms with Crippen molar-refractivity contribution >= 4 is 23.2 Å². The van der Waals surface area contributed by atoms with Gasteiger partial charge >= 0.3 is 0 Å². The predicted octanol–water partition coefficient (Wildman–Crippen LogP) is 5.23. The molecule has 1 saturated carbocycles. The topological polar surface area (TPSA) is 75.9 Å². The van der Waals surface area contributed by atoms with E-state index >= 15 is 0 Å². The minimum Gasteiger partial charge on any atom is -0.367 e. The Balaban J connectivity index is 1.47. The highest BCUT2D eigenvalue weighted by Crippen LogP contribution is 2.30. The number of aromatic nitrogens is 2. The summed E-state index contributed by atoms with van der Waals surface area (Å²) in [4.78, 5) is 9.13. The number of rotatable bonds is 6. The van der Waals surface area contributed by atoms with Crippen LogP contribution in [0, 0.1) is 5.82 Å². The van der Waals surface area contributed by atoms with Gasteiger partial charge in [-0.2, -0.15) is 0 Å². The maximum Gasteiger partial charge on any atom is 0.126 e. The van der Waals surface area contributed by atoms with Crippen molar-refractivity contribution in [1.82, 2.24) is 9.97 Å². The van der Waals surface area contributed by atoms with Gasteiger partial charge in [0.15, 0.2) is 0 Å². The maximum absolute atomic E-state index is 13.1. The lowest BCUT2D eigenvalue weighted by molar-refractivity contribution is 0.410. The molecule has 1 fully saturated rings.